The van der Waals surface area contributed by atoms with E-state index in [2.05, 4.69) is 48.7 Å². The Morgan fingerprint density at radius 2 is 2.38 bits per heavy atom. The van der Waals surface area contributed by atoms with E-state index in [1.807, 2.05) is 29.9 Å². The lowest BCUT2D eigenvalue weighted by atomic mass is 10.1. The third kappa shape index (κ3) is 3.33. The minimum atomic E-state index is 0.171. The number of thiazole rings is 1. The van der Waals surface area contributed by atoms with Crippen LogP contribution in [0.15, 0.2) is 40.6 Å². The van der Waals surface area contributed by atoms with Gasteiger partial charge in [-0.15, -0.1) is 11.3 Å². The molecule has 0 aliphatic carbocycles. The van der Waals surface area contributed by atoms with E-state index in [0.717, 1.165) is 40.2 Å². The average Bonchev–Trinajstić information content (AvgIpc) is 3.05. The first kappa shape index (κ1) is 14.7. The number of aromatic nitrogens is 3. The molecule has 110 valence electrons. The van der Waals surface area contributed by atoms with Crippen molar-refractivity contribution in [3.05, 3.63) is 52.0 Å². The van der Waals surface area contributed by atoms with Gasteiger partial charge in [0.2, 0.25) is 0 Å². The van der Waals surface area contributed by atoms with Crippen LogP contribution in [0.3, 0.4) is 0 Å². The van der Waals surface area contributed by atoms with Gasteiger partial charge in [-0.25, -0.2) is 4.98 Å². The van der Waals surface area contributed by atoms with Gasteiger partial charge in [0, 0.05) is 34.9 Å². The number of pyridine rings is 1. The van der Waals surface area contributed by atoms with Gasteiger partial charge in [0.15, 0.2) is 4.96 Å². The molecule has 0 spiro atoms. The summed E-state index contributed by atoms with van der Waals surface area (Å²) in [5, 5.41) is 5.62. The topological polar surface area (TPSA) is 42.2 Å². The first-order valence-electron chi connectivity index (χ1n) is 7.02. The van der Waals surface area contributed by atoms with Gasteiger partial charge in [-0.2, -0.15) is 0 Å². The van der Waals surface area contributed by atoms with Gasteiger partial charge in [0.05, 0.1) is 17.4 Å². The molecule has 1 N–H and O–H groups in total. The highest BCUT2D eigenvalue weighted by Crippen LogP contribution is 2.24. The van der Waals surface area contributed by atoms with E-state index in [1.165, 1.54) is 0 Å². The maximum atomic E-state index is 4.67. The van der Waals surface area contributed by atoms with Crippen LogP contribution in [-0.4, -0.2) is 20.9 Å². The third-order valence-electron chi connectivity index (χ3n) is 3.31. The van der Waals surface area contributed by atoms with Crippen molar-refractivity contribution in [2.45, 2.75) is 25.8 Å². The number of nitrogens with zero attached hydrogens (tertiary/aromatic N) is 3. The summed E-state index contributed by atoms with van der Waals surface area (Å²) in [4.78, 5) is 10.2. The molecule has 0 bridgehead atoms. The number of hydrogen-bond donors (Lipinski definition) is 1. The smallest absolute Gasteiger partial charge is 0.193 e. The SMILES string of the molecule is CCCNC(Cc1cn2ccsc2n1)c1ncccc1Br. The molecule has 3 heterocycles. The van der Waals surface area contributed by atoms with Gasteiger partial charge in [-0.1, -0.05) is 6.92 Å². The Morgan fingerprint density at radius 1 is 1.48 bits per heavy atom. The van der Waals surface area contributed by atoms with Gasteiger partial charge in [-0.05, 0) is 41.0 Å². The molecule has 3 aromatic heterocycles. The second kappa shape index (κ2) is 6.68. The number of rotatable bonds is 6. The van der Waals surface area contributed by atoms with E-state index in [1.54, 1.807) is 11.3 Å². The number of fused-ring (bicyclic) bond motifs is 1. The Labute approximate surface area is 136 Å². The Kier molecular flexibility index (Phi) is 4.67. The van der Waals surface area contributed by atoms with Gasteiger partial charge >= 0.3 is 0 Å². The third-order valence-corrected chi connectivity index (χ3v) is 4.76. The van der Waals surface area contributed by atoms with E-state index in [0.29, 0.717) is 0 Å². The minimum absolute atomic E-state index is 0.171. The summed E-state index contributed by atoms with van der Waals surface area (Å²) in [6.45, 7) is 3.14. The van der Waals surface area contributed by atoms with Crippen LogP contribution in [0.5, 0.6) is 0 Å². The summed E-state index contributed by atoms with van der Waals surface area (Å²) in [7, 11) is 0. The van der Waals surface area contributed by atoms with Crippen molar-refractivity contribution in [3.63, 3.8) is 0 Å². The molecule has 0 aliphatic heterocycles. The monoisotopic (exact) mass is 364 g/mol. The fourth-order valence-electron chi connectivity index (χ4n) is 2.32. The summed E-state index contributed by atoms with van der Waals surface area (Å²) in [6, 6.07) is 4.15. The maximum absolute atomic E-state index is 4.67. The predicted octanol–water partition coefficient (Wildman–Crippen LogP) is 3.84. The molecule has 0 saturated heterocycles. The first-order valence-corrected chi connectivity index (χ1v) is 8.70. The van der Waals surface area contributed by atoms with Crippen molar-refractivity contribution >= 4 is 32.2 Å². The second-order valence-electron chi connectivity index (χ2n) is 4.91. The molecule has 0 amide bonds. The molecule has 21 heavy (non-hydrogen) atoms. The van der Waals surface area contributed by atoms with E-state index in [9.17, 15) is 0 Å². The molecule has 3 rings (SSSR count). The van der Waals surface area contributed by atoms with Crippen molar-refractivity contribution in [2.75, 3.05) is 6.54 Å². The van der Waals surface area contributed by atoms with Gasteiger partial charge < -0.3 is 5.32 Å². The molecule has 6 heteroatoms. The Bertz CT molecular complexity index is 693. The highest BCUT2D eigenvalue weighted by molar-refractivity contribution is 9.10. The van der Waals surface area contributed by atoms with Gasteiger partial charge in [-0.3, -0.25) is 9.38 Å². The number of imidazole rings is 1. The quantitative estimate of drug-likeness (QED) is 0.722. The summed E-state index contributed by atoms with van der Waals surface area (Å²) in [5.74, 6) is 0. The molecular formula is C15H17BrN4S. The lowest BCUT2D eigenvalue weighted by Crippen LogP contribution is -2.25. The first-order chi connectivity index (χ1) is 10.3. The lowest BCUT2D eigenvalue weighted by Gasteiger charge is -2.18. The molecule has 0 radical (unpaired) electrons. The molecule has 0 saturated carbocycles. The maximum Gasteiger partial charge on any atom is 0.193 e. The Balaban J connectivity index is 1.85. The molecule has 1 atom stereocenters. The van der Waals surface area contributed by atoms with E-state index in [4.69, 9.17) is 0 Å². The van der Waals surface area contributed by atoms with Crippen LogP contribution in [-0.2, 0) is 6.42 Å². The van der Waals surface area contributed by atoms with Crippen LogP contribution in [0, 0.1) is 0 Å². The fourth-order valence-corrected chi connectivity index (χ4v) is 3.57. The van der Waals surface area contributed by atoms with Gasteiger partial charge in [0.25, 0.3) is 0 Å². The molecule has 4 nitrogen and oxygen atoms in total. The number of nitrogens with one attached hydrogen (secondary N) is 1. The summed E-state index contributed by atoms with van der Waals surface area (Å²) >= 11 is 5.26. The second-order valence-corrected chi connectivity index (χ2v) is 6.63. The zero-order valence-electron chi connectivity index (χ0n) is 11.8. The Hall–Kier alpha value is -1.24. The zero-order valence-corrected chi connectivity index (χ0v) is 14.2. The predicted molar refractivity (Wildman–Crippen MR) is 89.7 cm³/mol. The van der Waals surface area contributed by atoms with Crippen molar-refractivity contribution in [1.29, 1.82) is 0 Å². The van der Waals surface area contributed by atoms with Crippen molar-refractivity contribution < 1.29 is 0 Å². The number of hydrogen-bond acceptors (Lipinski definition) is 4. The molecule has 3 aromatic rings. The summed E-state index contributed by atoms with van der Waals surface area (Å²) in [6.07, 6.45) is 7.92. The molecule has 0 fully saturated rings. The van der Waals surface area contributed by atoms with E-state index in [-0.39, 0.29) is 6.04 Å². The van der Waals surface area contributed by atoms with Gasteiger partial charge in [0.1, 0.15) is 0 Å². The molecular weight excluding hydrogens is 348 g/mol. The standard InChI is InChI=1S/C15H17BrN4S/c1-2-5-17-13(14-12(16)4-3-6-18-14)9-11-10-20-7-8-21-15(20)19-11/h3-4,6-8,10,13,17H,2,5,9H2,1H3. The fraction of sp³-hybridized carbons (Fsp3) is 0.333. The average molecular weight is 365 g/mol. The zero-order chi connectivity index (χ0) is 14.7. The van der Waals surface area contributed by atoms with E-state index >= 15 is 0 Å². The normalized spacial score (nSPS) is 12.9. The highest BCUT2D eigenvalue weighted by atomic mass is 79.9. The van der Waals surface area contributed by atoms with Crippen molar-refractivity contribution in [1.82, 2.24) is 19.7 Å². The van der Waals surface area contributed by atoms with Crippen LogP contribution in [0.1, 0.15) is 30.8 Å². The minimum Gasteiger partial charge on any atom is -0.308 e. The van der Waals surface area contributed by atoms with Crippen LogP contribution in [0.4, 0.5) is 0 Å². The van der Waals surface area contributed by atoms with Crippen molar-refractivity contribution in [3.8, 4) is 0 Å². The van der Waals surface area contributed by atoms with Crippen molar-refractivity contribution in [2.24, 2.45) is 0 Å². The Morgan fingerprint density at radius 3 is 3.14 bits per heavy atom. The van der Waals surface area contributed by atoms with Crippen LogP contribution in [0.25, 0.3) is 4.96 Å². The van der Waals surface area contributed by atoms with Crippen LogP contribution in [0.2, 0.25) is 0 Å². The van der Waals surface area contributed by atoms with E-state index < -0.39 is 0 Å². The number of halogens is 1. The summed E-state index contributed by atoms with van der Waals surface area (Å²) < 4.78 is 3.12. The summed E-state index contributed by atoms with van der Waals surface area (Å²) in [5.41, 5.74) is 2.13. The largest absolute Gasteiger partial charge is 0.308 e. The highest BCUT2D eigenvalue weighted by Gasteiger charge is 2.17. The van der Waals surface area contributed by atoms with Crippen LogP contribution >= 0.6 is 27.3 Å². The van der Waals surface area contributed by atoms with Crippen LogP contribution < -0.4 is 5.32 Å². The molecule has 0 aliphatic rings. The molecule has 0 aromatic carbocycles. The molecule has 1 unspecified atom stereocenters. The lowest BCUT2D eigenvalue weighted by molar-refractivity contribution is 0.512.